The number of amides is 2. The second kappa shape index (κ2) is 7.83. The lowest BCUT2D eigenvalue weighted by molar-refractivity contribution is -0.125. The highest BCUT2D eigenvalue weighted by Crippen LogP contribution is 2.24. The molecule has 2 aromatic carbocycles. The van der Waals surface area contributed by atoms with Gasteiger partial charge in [-0.05, 0) is 31.2 Å². The highest BCUT2D eigenvalue weighted by atomic mass is 32.2. The first-order chi connectivity index (χ1) is 11.0. The fraction of sp³-hybridized carbons (Fsp3) is 0.222. The molecule has 0 saturated carbocycles. The lowest BCUT2D eigenvalue weighted by atomic mass is 10.2. The van der Waals surface area contributed by atoms with Crippen LogP contribution < -0.4 is 5.32 Å². The van der Waals surface area contributed by atoms with Crippen molar-refractivity contribution in [3.05, 3.63) is 59.7 Å². The molecule has 0 fully saturated rings. The van der Waals surface area contributed by atoms with Gasteiger partial charge < -0.3 is 10.2 Å². The second-order valence-corrected chi connectivity index (χ2v) is 6.41. The van der Waals surface area contributed by atoms with Crippen LogP contribution in [0, 0.1) is 6.92 Å². The Morgan fingerprint density at radius 3 is 2.35 bits per heavy atom. The van der Waals surface area contributed by atoms with E-state index in [0.29, 0.717) is 11.3 Å². The van der Waals surface area contributed by atoms with Crippen molar-refractivity contribution in [2.75, 3.05) is 25.2 Å². The average molecular weight is 328 g/mol. The minimum Gasteiger partial charge on any atom is -0.348 e. The first-order valence-electron chi connectivity index (χ1n) is 7.27. The third-order valence-electron chi connectivity index (χ3n) is 3.29. The predicted octanol–water partition coefficient (Wildman–Crippen LogP) is 3.43. The number of nitrogens with zero attached hydrogens (tertiary/aromatic N) is 1. The Morgan fingerprint density at radius 1 is 1.04 bits per heavy atom. The minimum atomic E-state index is -0.172. The van der Waals surface area contributed by atoms with E-state index in [2.05, 4.69) is 5.32 Å². The van der Waals surface area contributed by atoms with Gasteiger partial charge >= 0.3 is 0 Å². The molecule has 120 valence electrons. The van der Waals surface area contributed by atoms with Crippen molar-refractivity contribution in [1.29, 1.82) is 0 Å². The number of thioether (sulfide) groups is 1. The van der Waals surface area contributed by atoms with E-state index in [-0.39, 0.29) is 11.8 Å². The summed E-state index contributed by atoms with van der Waals surface area (Å²) in [7, 11) is 3.44. The number of carbonyl (C=O) groups is 2. The van der Waals surface area contributed by atoms with Crippen LogP contribution in [0.3, 0.4) is 0 Å². The molecule has 0 atom stereocenters. The number of hydrogen-bond acceptors (Lipinski definition) is 3. The summed E-state index contributed by atoms with van der Waals surface area (Å²) >= 11 is 1.37. The van der Waals surface area contributed by atoms with Gasteiger partial charge in [0.05, 0.1) is 11.3 Å². The van der Waals surface area contributed by atoms with Gasteiger partial charge in [0.25, 0.3) is 5.91 Å². The normalized spacial score (nSPS) is 10.2. The topological polar surface area (TPSA) is 49.4 Å². The van der Waals surface area contributed by atoms with E-state index in [1.54, 1.807) is 25.1 Å². The summed E-state index contributed by atoms with van der Waals surface area (Å²) in [4.78, 5) is 26.5. The smallest absolute Gasteiger partial charge is 0.256 e. The molecule has 1 N–H and O–H groups in total. The zero-order valence-electron chi connectivity index (χ0n) is 13.5. The van der Waals surface area contributed by atoms with Crippen molar-refractivity contribution in [2.24, 2.45) is 0 Å². The predicted molar refractivity (Wildman–Crippen MR) is 95.0 cm³/mol. The van der Waals surface area contributed by atoms with Crippen molar-refractivity contribution in [2.45, 2.75) is 11.8 Å². The summed E-state index contributed by atoms with van der Waals surface area (Å²) in [6.07, 6.45) is 0. The van der Waals surface area contributed by atoms with Crippen LogP contribution >= 0.6 is 11.8 Å². The van der Waals surface area contributed by atoms with Gasteiger partial charge in [-0.1, -0.05) is 29.8 Å². The van der Waals surface area contributed by atoms with Gasteiger partial charge in [0.15, 0.2) is 0 Å². The van der Waals surface area contributed by atoms with E-state index in [1.165, 1.54) is 11.8 Å². The van der Waals surface area contributed by atoms with E-state index in [0.717, 1.165) is 16.1 Å². The summed E-state index contributed by atoms with van der Waals surface area (Å²) in [5, 5.41) is 2.89. The molecule has 0 radical (unpaired) electrons. The van der Waals surface area contributed by atoms with Crippen LogP contribution in [0.4, 0.5) is 5.69 Å². The van der Waals surface area contributed by atoms with Crippen LogP contribution in [0.2, 0.25) is 0 Å². The van der Waals surface area contributed by atoms with Gasteiger partial charge in [-0.15, -0.1) is 11.8 Å². The Bertz CT molecular complexity index is 696. The van der Waals surface area contributed by atoms with Gasteiger partial charge in [0.2, 0.25) is 5.91 Å². The molecule has 0 aromatic heterocycles. The first-order valence-corrected chi connectivity index (χ1v) is 8.26. The van der Waals surface area contributed by atoms with Crippen molar-refractivity contribution in [1.82, 2.24) is 4.90 Å². The molecule has 2 rings (SSSR count). The molecule has 0 saturated heterocycles. The SMILES string of the molecule is Cc1ccc(NC(=O)c2ccccc2SCC(=O)N(C)C)cc1. The van der Waals surface area contributed by atoms with Crippen LogP contribution in [0.1, 0.15) is 15.9 Å². The summed E-state index contributed by atoms with van der Waals surface area (Å²) in [6.45, 7) is 2.00. The lowest BCUT2D eigenvalue weighted by Gasteiger charge is -2.12. The zero-order chi connectivity index (χ0) is 16.8. The number of nitrogens with one attached hydrogen (secondary N) is 1. The van der Waals surface area contributed by atoms with Gasteiger partial charge in [-0.3, -0.25) is 9.59 Å². The quantitative estimate of drug-likeness (QED) is 0.856. The molecule has 5 heteroatoms. The highest BCUT2D eigenvalue weighted by molar-refractivity contribution is 8.00. The summed E-state index contributed by atoms with van der Waals surface area (Å²) in [5.74, 6) is 0.153. The molecule has 23 heavy (non-hydrogen) atoms. The first kappa shape index (κ1) is 17.1. The number of carbonyl (C=O) groups excluding carboxylic acids is 2. The second-order valence-electron chi connectivity index (χ2n) is 5.39. The minimum absolute atomic E-state index is 0.0174. The van der Waals surface area contributed by atoms with Crippen LogP contribution in [0.25, 0.3) is 0 Å². The fourth-order valence-corrected chi connectivity index (χ4v) is 2.91. The standard InChI is InChI=1S/C18H20N2O2S/c1-13-8-10-14(11-9-13)19-18(22)15-6-4-5-7-16(15)23-12-17(21)20(2)3/h4-11H,12H2,1-3H3,(H,19,22). The molecule has 0 bridgehead atoms. The van der Waals surface area contributed by atoms with Crippen molar-refractivity contribution in [3.8, 4) is 0 Å². The number of aryl methyl sites for hydroxylation is 1. The molecule has 2 aromatic rings. The maximum Gasteiger partial charge on any atom is 0.256 e. The number of hydrogen-bond donors (Lipinski definition) is 1. The number of benzene rings is 2. The maximum absolute atomic E-state index is 12.5. The number of rotatable bonds is 5. The van der Waals surface area contributed by atoms with E-state index in [1.807, 2.05) is 49.4 Å². The van der Waals surface area contributed by atoms with Crippen LogP contribution in [-0.4, -0.2) is 36.6 Å². The van der Waals surface area contributed by atoms with E-state index >= 15 is 0 Å². The van der Waals surface area contributed by atoms with Gasteiger partial charge in [0, 0.05) is 24.7 Å². The van der Waals surface area contributed by atoms with Crippen LogP contribution in [0.5, 0.6) is 0 Å². The molecule has 4 nitrogen and oxygen atoms in total. The molecule has 0 unspecified atom stereocenters. The Hall–Kier alpha value is -2.27. The van der Waals surface area contributed by atoms with Crippen molar-refractivity contribution in [3.63, 3.8) is 0 Å². The van der Waals surface area contributed by atoms with E-state index in [4.69, 9.17) is 0 Å². The third-order valence-corrected chi connectivity index (χ3v) is 4.35. The van der Waals surface area contributed by atoms with E-state index < -0.39 is 0 Å². The molecule has 0 spiro atoms. The van der Waals surface area contributed by atoms with Gasteiger partial charge in [-0.2, -0.15) is 0 Å². The number of anilines is 1. The van der Waals surface area contributed by atoms with E-state index in [9.17, 15) is 9.59 Å². The lowest BCUT2D eigenvalue weighted by Crippen LogP contribution is -2.23. The Morgan fingerprint density at radius 2 is 1.70 bits per heavy atom. The molecular formula is C18H20N2O2S. The Kier molecular flexibility index (Phi) is 5.82. The molecule has 0 aliphatic rings. The van der Waals surface area contributed by atoms with Crippen LogP contribution in [-0.2, 0) is 4.79 Å². The van der Waals surface area contributed by atoms with Gasteiger partial charge in [-0.25, -0.2) is 0 Å². The monoisotopic (exact) mass is 328 g/mol. The molecule has 0 aliphatic heterocycles. The largest absolute Gasteiger partial charge is 0.348 e. The molecule has 2 amide bonds. The molecular weight excluding hydrogens is 308 g/mol. The summed E-state index contributed by atoms with van der Waals surface area (Å²) in [5.41, 5.74) is 2.47. The van der Waals surface area contributed by atoms with Crippen LogP contribution in [0.15, 0.2) is 53.4 Å². The molecule has 0 aliphatic carbocycles. The third kappa shape index (κ3) is 4.86. The molecule has 0 heterocycles. The van der Waals surface area contributed by atoms with Gasteiger partial charge in [0.1, 0.15) is 0 Å². The summed E-state index contributed by atoms with van der Waals surface area (Å²) < 4.78 is 0. The Labute approximate surface area is 140 Å². The highest BCUT2D eigenvalue weighted by Gasteiger charge is 2.13. The summed E-state index contributed by atoms with van der Waals surface area (Å²) in [6, 6.07) is 15.0. The maximum atomic E-state index is 12.5. The van der Waals surface area contributed by atoms with Crippen molar-refractivity contribution < 1.29 is 9.59 Å². The fourth-order valence-electron chi connectivity index (χ4n) is 1.88. The Balaban J connectivity index is 2.11. The average Bonchev–Trinajstić information content (AvgIpc) is 2.54. The zero-order valence-corrected chi connectivity index (χ0v) is 14.3. The van der Waals surface area contributed by atoms with Crippen molar-refractivity contribution >= 4 is 29.3 Å².